The molecule has 0 N–H and O–H groups in total. The summed E-state index contributed by atoms with van der Waals surface area (Å²) >= 11 is 6.20. The van der Waals surface area contributed by atoms with Crippen LogP contribution in [0.15, 0.2) is 121 Å². The molecule has 0 fully saturated rings. The smallest absolute Gasteiger partial charge is 0.214 e. The average Bonchev–Trinajstić information content (AvgIpc) is 3.41. The number of hydrogen-bond donors (Lipinski definition) is 0. The molecular weight excluding hydrogens is 540 g/mol. The number of nitrogens with zero attached hydrogens (tertiary/aromatic N) is 4. The maximum absolute atomic E-state index is 13.7. The molecule has 4 aromatic carbocycles. The van der Waals surface area contributed by atoms with Gasteiger partial charge < -0.3 is 4.90 Å². The van der Waals surface area contributed by atoms with E-state index in [1.165, 1.54) is 0 Å². The predicted molar refractivity (Wildman–Crippen MR) is 171 cm³/mol. The zero-order valence-corrected chi connectivity index (χ0v) is 23.9. The van der Waals surface area contributed by atoms with E-state index in [2.05, 4.69) is 6.07 Å². The van der Waals surface area contributed by atoms with Crippen molar-refractivity contribution >= 4 is 35.4 Å². The number of hydrogen-bond acceptors (Lipinski definition) is 4. The number of halogens is 1. The number of carbonyl (C=O) groups is 1. The first-order valence-electron chi connectivity index (χ1n) is 13.6. The summed E-state index contributed by atoms with van der Waals surface area (Å²) in [6.45, 7) is 2.91. The number of rotatable bonds is 10. The average molecular weight is 569 g/mol. The topological polar surface area (TPSA) is 61.9 Å². The van der Waals surface area contributed by atoms with E-state index in [9.17, 15) is 10.1 Å². The highest BCUT2D eigenvalue weighted by Gasteiger charge is 2.27. The van der Waals surface area contributed by atoms with Crippen LogP contribution in [0.25, 0.3) is 17.8 Å². The van der Waals surface area contributed by atoms with Gasteiger partial charge in [-0.2, -0.15) is 10.4 Å². The van der Waals surface area contributed by atoms with Crippen molar-refractivity contribution < 1.29 is 4.79 Å². The second-order valence-corrected chi connectivity index (χ2v) is 10.2. The normalized spacial score (nSPS) is 11.2. The number of ketones is 1. The Kier molecular flexibility index (Phi) is 9.08. The fourth-order valence-electron chi connectivity index (χ4n) is 4.57. The molecule has 1 heterocycles. The van der Waals surface area contributed by atoms with Crippen LogP contribution in [-0.2, 0) is 0 Å². The third kappa shape index (κ3) is 6.75. The minimum atomic E-state index is -0.305. The van der Waals surface area contributed by atoms with Crippen molar-refractivity contribution in [1.82, 2.24) is 9.78 Å². The van der Waals surface area contributed by atoms with Crippen LogP contribution < -0.4 is 4.90 Å². The molecule has 206 valence electrons. The SMILES string of the molecule is Cc1ccc(C(=O)c2nn(-c3ccc(Cl)cc3)c(N(C/C=C/c3ccccc3)C/C=C/c3ccccc3)c2C#N)cc1. The third-order valence-corrected chi connectivity index (χ3v) is 7.00. The third-order valence-electron chi connectivity index (χ3n) is 6.74. The molecule has 0 saturated carbocycles. The Hall–Kier alpha value is -5.18. The summed E-state index contributed by atoms with van der Waals surface area (Å²) < 4.78 is 1.67. The molecule has 0 bridgehead atoms. The van der Waals surface area contributed by atoms with Gasteiger partial charge in [-0.1, -0.05) is 126 Å². The second kappa shape index (κ2) is 13.5. The Balaban J connectivity index is 1.61. The van der Waals surface area contributed by atoms with Gasteiger partial charge in [-0.15, -0.1) is 0 Å². The van der Waals surface area contributed by atoms with Gasteiger partial charge in [0.25, 0.3) is 0 Å². The maximum Gasteiger partial charge on any atom is 0.214 e. The van der Waals surface area contributed by atoms with Crippen molar-refractivity contribution in [2.24, 2.45) is 0 Å². The molecular formula is C36H29ClN4O. The molecule has 5 rings (SSSR count). The van der Waals surface area contributed by atoms with Gasteiger partial charge in [0.15, 0.2) is 11.5 Å². The van der Waals surface area contributed by atoms with Crippen molar-refractivity contribution in [1.29, 1.82) is 5.26 Å². The minimum Gasteiger partial charge on any atom is -0.348 e. The van der Waals surface area contributed by atoms with E-state index in [1.54, 1.807) is 28.9 Å². The summed E-state index contributed by atoms with van der Waals surface area (Å²) in [5.41, 5.74) is 4.67. The molecule has 6 heteroatoms. The summed E-state index contributed by atoms with van der Waals surface area (Å²) in [6.07, 6.45) is 8.18. The summed E-state index contributed by atoms with van der Waals surface area (Å²) in [6, 6.07) is 36.9. The minimum absolute atomic E-state index is 0.107. The fraction of sp³-hybridized carbons (Fsp3) is 0.0833. The van der Waals surface area contributed by atoms with Crippen LogP contribution in [0.4, 0.5) is 5.82 Å². The summed E-state index contributed by atoms with van der Waals surface area (Å²) in [4.78, 5) is 15.8. The van der Waals surface area contributed by atoms with Crippen LogP contribution in [0.2, 0.25) is 5.02 Å². The summed E-state index contributed by atoms with van der Waals surface area (Å²) in [5, 5.41) is 15.8. The fourth-order valence-corrected chi connectivity index (χ4v) is 4.70. The van der Waals surface area contributed by atoms with E-state index in [-0.39, 0.29) is 17.0 Å². The van der Waals surface area contributed by atoms with E-state index < -0.39 is 0 Å². The summed E-state index contributed by atoms with van der Waals surface area (Å²) in [5.74, 6) is 0.228. The Morgan fingerprint density at radius 3 is 1.90 bits per heavy atom. The molecule has 0 aliphatic heterocycles. The van der Waals surface area contributed by atoms with Gasteiger partial charge in [0, 0.05) is 23.7 Å². The molecule has 0 saturated heterocycles. The number of benzene rings is 4. The molecule has 0 amide bonds. The highest BCUT2D eigenvalue weighted by atomic mass is 35.5. The van der Waals surface area contributed by atoms with Gasteiger partial charge in [-0.25, -0.2) is 4.68 Å². The van der Waals surface area contributed by atoms with Crippen LogP contribution in [0.3, 0.4) is 0 Å². The predicted octanol–water partition coefficient (Wildman–Crippen LogP) is 8.17. The highest BCUT2D eigenvalue weighted by Crippen LogP contribution is 2.30. The molecule has 5 nitrogen and oxygen atoms in total. The highest BCUT2D eigenvalue weighted by molar-refractivity contribution is 6.30. The van der Waals surface area contributed by atoms with Crippen LogP contribution in [0, 0.1) is 18.3 Å². The van der Waals surface area contributed by atoms with E-state index in [0.717, 1.165) is 16.7 Å². The quantitative estimate of drug-likeness (QED) is 0.159. The zero-order chi connectivity index (χ0) is 29.3. The number of aryl methyl sites for hydroxylation is 1. The van der Waals surface area contributed by atoms with Gasteiger partial charge in [-0.3, -0.25) is 4.79 Å². The molecule has 5 aromatic rings. The number of aromatic nitrogens is 2. The van der Waals surface area contributed by atoms with Crippen LogP contribution in [0.5, 0.6) is 0 Å². The van der Waals surface area contributed by atoms with E-state index >= 15 is 0 Å². The van der Waals surface area contributed by atoms with Gasteiger partial charge in [0.2, 0.25) is 5.78 Å². The maximum atomic E-state index is 13.7. The summed E-state index contributed by atoms with van der Waals surface area (Å²) in [7, 11) is 0. The lowest BCUT2D eigenvalue weighted by Gasteiger charge is -2.23. The van der Waals surface area contributed by atoms with Crippen molar-refractivity contribution in [3.63, 3.8) is 0 Å². The molecule has 0 aliphatic carbocycles. The molecule has 0 atom stereocenters. The van der Waals surface area contributed by atoms with Crippen LogP contribution in [-0.4, -0.2) is 28.7 Å². The van der Waals surface area contributed by atoms with Crippen LogP contribution in [0.1, 0.15) is 38.3 Å². The molecule has 0 radical (unpaired) electrons. The van der Waals surface area contributed by atoms with Gasteiger partial charge in [0.05, 0.1) is 5.69 Å². The van der Waals surface area contributed by atoms with Gasteiger partial charge >= 0.3 is 0 Å². The number of anilines is 1. The largest absolute Gasteiger partial charge is 0.348 e. The Bertz CT molecular complexity index is 1700. The standard InChI is InChI=1S/C36H29ClN4O/c1-27-16-18-30(19-17-27)35(42)34-33(26-38)36(41(39-34)32-22-20-31(37)21-23-32)40(24-8-14-28-10-4-2-5-11-28)25-9-15-29-12-6-3-7-13-29/h2-23H,24-25H2,1H3/b14-8+,15-9+. The Labute approximate surface area is 251 Å². The van der Waals surface area contributed by atoms with Crippen molar-refractivity contribution in [2.45, 2.75) is 6.92 Å². The van der Waals surface area contributed by atoms with Crippen LogP contribution >= 0.6 is 11.6 Å². The number of nitriles is 1. The Morgan fingerprint density at radius 2 is 1.38 bits per heavy atom. The van der Waals surface area contributed by atoms with Crippen molar-refractivity contribution in [3.8, 4) is 11.8 Å². The zero-order valence-electron chi connectivity index (χ0n) is 23.2. The van der Waals surface area contributed by atoms with Crippen molar-refractivity contribution in [3.05, 3.63) is 160 Å². The molecule has 0 aliphatic rings. The first kappa shape index (κ1) is 28.4. The van der Waals surface area contributed by atoms with E-state index in [4.69, 9.17) is 16.7 Å². The molecule has 42 heavy (non-hydrogen) atoms. The molecule has 0 spiro atoms. The van der Waals surface area contributed by atoms with Crippen molar-refractivity contribution in [2.75, 3.05) is 18.0 Å². The van der Waals surface area contributed by atoms with E-state index in [0.29, 0.717) is 35.2 Å². The number of carbonyl (C=O) groups excluding carboxylic acids is 1. The second-order valence-electron chi connectivity index (χ2n) is 9.77. The Morgan fingerprint density at radius 1 is 0.833 bits per heavy atom. The monoisotopic (exact) mass is 568 g/mol. The lowest BCUT2D eigenvalue weighted by atomic mass is 10.0. The lowest BCUT2D eigenvalue weighted by Crippen LogP contribution is -2.27. The molecule has 1 aromatic heterocycles. The first-order valence-corrected chi connectivity index (χ1v) is 14.0. The lowest BCUT2D eigenvalue weighted by molar-refractivity contribution is 0.103. The van der Waals surface area contributed by atoms with E-state index in [1.807, 2.05) is 121 Å². The van der Waals surface area contributed by atoms with Gasteiger partial charge in [0.1, 0.15) is 11.6 Å². The molecule has 0 unspecified atom stereocenters. The van der Waals surface area contributed by atoms with Gasteiger partial charge in [-0.05, 0) is 42.3 Å². The first-order chi connectivity index (χ1) is 20.5.